The third kappa shape index (κ3) is 3.68. The topological polar surface area (TPSA) is 91.4 Å². The maximum atomic E-state index is 13.3. The van der Waals surface area contributed by atoms with Gasteiger partial charge in [-0.1, -0.05) is 12.1 Å². The highest BCUT2D eigenvalue weighted by Gasteiger charge is 2.39. The van der Waals surface area contributed by atoms with Crippen LogP contribution in [0.1, 0.15) is 29.0 Å². The summed E-state index contributed by atoms with van der Waals surface area (Å²) in [5, 5.41) is 5.74. The molecule has 1 atom stereocenters. The number of urea groups is 1. The molecule has 27 heavy (non-hydrogen) atoms. The minimum atomic E-state index is -0.933. The van der Waals surface area contributed by atoms with Crippen LogP contribution < -0.4 is 10.6 Å². The van der Waals surface area contributed by atoms with E-state index in [9.17, 15) is 18.8 Å². The number of thiazole rings is 1. The van der Waals surface area contributed by atoms with Crippen LogP contribution in [0, 0.1) is 5.82 Å². The van der Waals surface area contributed by atoms with Crippen LogP contribution in [0.5, 0.6) is 0 Å². The molecule has 1 fully saturated rings. The summed E-state index contributed by atoms with van der Waals surface area (Å²) >= 11 is 1.45. The van der Waals surface area contributed by atoms with Gasteiger partial charge in [-0.15, -0.1) is 11.3 Å². The van der Waals surface area contributed by atoms with E-state index < -0.39 is 23.8 Å². The van der Waals surface area contributed by atoms with E-state index in [2.05, 4.69) is 15.6 Å². The van der Waals surface area contributed by atoms with Gasteiger partial charge in [-0.3, -0.25) is 14.5 Å². The molecule has 1 saturated heterocycles. The van der Waals surface area contributed by atoms with Gasteiger partial charge in [-0.2, -0.15) is 0 Å². The number of carbonyl (C=O) groups excluding carboxylic acids is 3. The van der Waals surface area contributed by atoms with Crippen molar-refractivity contribution in [2.45, 2.75) is 38.3 Å². The first-order chi connectivity index (χ1) is 13.0. The van der Waals surface area contributed by atoms with E-state index in [1.54, 1.807) is 6.07 Å². The van der Waals surface area contributed by atoms with Gasteiger partial charge in [0.05, 0.1) is 18.7 Å². The fraction of sp³-hybridized carbons (Fsp3) is 0.333. The molecule has 2 aliphatic rings. The van der Waals surface area contributed by atoms with E-state index in [4.69, 9.17) is 0 Å². The summed E-state index contributed by atoms with van der Waals surface area (Å²) < 4.78 is 13.3. The lowest BCUT2D eigenvalue weighted by molar-refractivity contribution is -0.130. The number of rotatable bonds is 5. The smallest absolute Gasteiger partial charge is 0.325 e. The van der Waals surface area contributed by atoms with Crippen molar-refractivity contribution in [1.82, 2.24) is 15.2 Å². The number of anilines is 1. The normalized spacial score (nSPS) is 18.6. The summed E-state index contributed by atoms with van der Waals surface area (Å²) in [5.41, 5.74) is 1.53. The summed E-state index contributed by atoms with van der Waals surface area (Å²) in [7, 11) is 0. The van der Waals surface area contributed by atoms with Crippen molar-refractivity contribution in [1.29, 1.82) is 0 Å². The third-order valence-electron chi connectivity index (χ3n) is 4.57. The lowest BCUT2D eigenvalue weighted by atomic mass is 10.1. The highest BCUT2D eigenvalue weighted by atomic mass is 32.1. The molecule has 2 N–H and O–H groups in total. The Labute approximate surface area is 158 Å². The van der Waals surface area contributed by atoms with E-state index in [0.29, 0.717) is 10.7 Å². The first-order valence-electron chi connectivity index (χ1n) is 8.64. The molecule has 9 heteroatoms. The molecule has 0 radical (unpaired) electrons. The zero-order valence-corrected chi connectivity index (χ0v) is 15.1. The molecule has 0 unspecified atom stereocenters. The van der Waals surface area contributed by atoms with Gasteiger partial charge in [0.25, 0.3) is 5.91 Å². The lowest BCUT2D eigenvalue weighted by Gasteiger charge is -2.13. The number of nitrogens with one attached hydrogen (secondary N) is 2. The Kier molecular flexibility index (Phi) is 4.61. The molecule has 4 rings (SSSR count). The Hall–Kier alpha value is -2.81. The average Bonchev–Trinajstić information content (AvgIpc) is 3.25. The first-order valence-corrected chi connectivity index (χ1v) is 9.46. The molecular weight excluding hydrogens is 371 g/mol. The number of aryl methyl sites for hydroxylation is 2. The fourth-order valence-corrected chi connectivity index (χ4v) is 4.35. The number of nitrogens with zero attached hydrogens (tertiary/aromatic N) is 2. The van der Waals surface area contributed by atoms with Crippen molar-refractivity contribution in [3.05, 3.63) is 46.2 Å². The predicted molar refractivity (Wildman–Crippen MR) is 96.7 cm³/mol. The van der Waals surface area contributed by atoms with Crippen molar-refractivity contribution >= 4 is 34.3 Å². The highest BCUT2D eigenvalue weighted by Crippen LogP contribution is 2.30. The molecule has 1 aliphatic heterocycles. The van der Waals surface area contributed by atoms with Crippen LogP contribution in [0.25, 0.3) is 0 Å². The predicted octanol–water partition coefficient (Wildman–Crippen LogP) is 2.22. The van der Waals surface area contributed by atoms with E-state index in [0.717, 1.165) is 29.9 Å². The van der Waals surface area contributed by atoms with Gasteiger partial charge in [-0.25, -0.2) is 14.2 Å². The van der Waals surface area contributed by atoms with Gasteiger partial charge in [0.15, 0.2) is 5.13 Å². The van der Waals surface area contributed by atoms with E-state index >= 15 is 0 Å². The van der Waals surface area contributed by atoms with Crippen LogP contribution in [0.4, 0.5) is 14.3 Å². The molecule has 2 heterocycles. The van der Waals surface area contributed by atoms with E-state index in [1.807, 2.05) is 0 Å². The number of fused-ring (bicyclic) bond motifs is 1. The van der Waals surface area contributed by atoms with Crippen molar-refractivity contribution in [3.8, 4) is 0 Å². The number of hydrogen-bond acceptors (Lipinski definition) is 5. The molecule has 0 saturated carbocycles. The monoisotopic (exact) mass is 388 g/mol. The number of amides is 4. The van der Waals surface area contributed by atoms with Crippen LogP contribution in [0.3, 0.4) is 0 Å². The number of aromatic nitrogens is 1. The van der Waals surface area contributed by atoms with Gasteiger partial charge in [0.2, 0.25) is 5.91 Å². The van der Waals surface area contributed by atoms with Gasteiger partial charge in [0.1, 0.15) is 11.9 Å². The molecule has 1 aromatic carbocycles. The average molecular weight is 388 g/mol. The number of halogens is 1. The highest BCUT2D eigenvalue weighted by molar-refractivity contribution is 7.15. The Bertz CT molecular complexity index is 908. The van der Waals surface area contributed by atoms with Gasteiger partial charge >= 0.3 is 6.03 Å². The van der Waals surface area contributed by atoms with Crippen LogP contribution >= 0.6 is 11.3 Å². The van der Waals surface area contributed by atoms with Crippen molar-refractivity contribution in [2.75, 3.05) is 5.32 Å². The standard InChI is InChI=1S/C18H17FN4O3S/c19-11-4-1-3-10(7-11)9-23-16(25)13(21-18(23)26)8-15(24)22-17-20-12-5-2-6-14(12)27-17/h1,3-4,7,13H,2,5-6,8-9H2,(H,21,26)(H,20,22,24)/t13-/m1/s1. The number of carbonyl (C=O) groups is 3. The Morgan fingerprint density at radius 3 is 3.00 bits per heavy atom. The second-order valence-corrected chi connectivity index (χ2v) is 7.63. The Morgan fingerprint density at radius 1 is 1.37 bits per heavy atom. The van der Waals surface area contributed by atoms with Crippen molar-refractivity contribution in [2.24, 2.45) is 0 Å². The SMILES string of the molecule is O=C(C[C@H]1NC(=O)N(Cc2cccc(F)c2)C1=O)Nc1nc2c(s1)CCC2. The van der Waals surface area contributed by atoms with Gasteiger partial charge in [-0.05, 0) is 37.0 Å². The van der Waals surface area contributed by atoms with Crippen LogP contribution in [-0.2, 0) is 29.0 Å². The third-order valence-corrected chi connectivity index (χ3v) is 5.64. The van der Waals surface area contributed by atoms with Gasteiger partial charge in [0, 0.05) is 4.88 Å². The van der Waals surface area contributed by atoms with Crippen LogP contribution in [0.2, 0.25) is 0 Å². The summed E-state index contributed by atoms with van der Waals surface area (Å²) in [5.74, 6) is -1.32. The Balaban J connectivity index is 1.37. The maximum Gasteiger partial charge on any atom is 0.325 e. The summed E-state index contributed by atoms with van der Waals surface area (Å²) in [4.78, 5) is 43.3. The van der Waals surface area contributed by atoms with Crippen LogP contribution in [-0.4, -0.2) is 33.8 Å². The fourth-order valence-electron chi connectivity index (χ4n) is 3.28. The molecular formula is C18H17FN4O3S. The maximum absolute atomic E-state index is 13.3. The number of hydrogen-bond donors (Lipinski definition) is 2. The van der Waals surface area contributed by atoms with E-state index in [1.165, 1.54) is 34.4 Å². The summed E-state index contributed by atoms with van der Waals surface area (Å²) in [6.45, 7) is -0.0419. The molecule has 0 spiro atoms. The molecule has 0 bridgehead atoms. The minimum absolute atomic E-state index is 0.0419. The summed E-state index contributed by atoms with van der Waals surface area (Å²) in [6.07, 6.45) is 2.82. The van der Waals surface area contributed by atoms with Crippen LogP contribution in [0.15, 0.2) is 24.3 Å². The molecule has 2 aromatic rings. The second kappa shape index (κ2) is 7.07. The zero-order valence-electron chi connectivity index (χ0n) is 14.3. The second-order valence-electron chi connectivity index (χ2n) is 6.55. The van der Waals surface area contributed by atoms with Crippen molar-refractivity contribution < 1.29 is 18.8 Å². The van der Waals surface area contributed by atoms with Crippen molar-refractivity contribution in [3.63, 3.8) is 0 Å². The quantitative estimate of drug-likeness (QED) is 0.769. The van der Waals surface area contributed by atoms with E-state index in [-0.39, 0.29) is 18.9 Å². The summed E-state index contributed by atoms with van der Waals surface area (Å²) in [6, 6.07) is 4.18. The first kappa shape index (κ1) is 17.6. The molecule has 4 amide bonds. The largest absolute Gasteiger partial charge is 0.325 e. The molecule has 140 valence electrons. The molecule has 7 nitrogen and oxygen atoms in total. The minimum Gasteiger partial charge on any atom is -0.325 e. The lowest BCUT2D eigenvalue weighted by Crippen LogP contribution is -2.34. The number of benzene rings is 1. The molecule has 1 aliphatic carbocycles. The van der Waals surface area contributed by atoms with Gasteiger partial charge < -0.3 is 10.6 Å². The number of imide groups is 1. The zero-order chi connectivity index (χ0) is 19.0. The molecule has 1 aromatic heterocycles. The Morgan fingerprint density at radius 2 is 2.22 bits per heavy atom.